The number of carbonyl (C=O) groups is 1. The van der Waals surface area contributed by atoms with Gasteiger partial charge in [-0.1, -0.05) is 0 Å². The molecule has 0 radical (unpaired) electrons. The minimum Gasteiger partial charge on any atom is -0.486 e. The number of hydrogen-bond donors (Lipinski definition) is 3. The van der Waals surface area contributed by atoms with Gasteiger partial charge >= 0.3 is 5.97 Å². The number of hydrogen-bond acceptors (Lipinski definition) is 8. The molecule has 0 aliphatic carbocycles. The third-order valence-corrected chi connectivity index (χ3v) is 5.20. The first kappa shape index (κ1) is 16.8. The highest BCUT2D eigenvalue weighted by molar-refractivity contribution is 7.93. The van der Waals surface area contributed by atoms with Crippen LogP contribution in [0.15, 0.2) is 18.2 Å². The summed E-state index contributed by atoms with van der Waals surface area (Å²) in [6.45, 7) is 2.81. The molecular formula is C14H19N3O6S. The Morgan fingerprint density at radius 2 is 2.04 bits per heavy atom. The molecule has 1 aromatic rings. The highest BCUT2D eigenvalue weighted by Crippen LogP contribution is 2.33. The van der Waals surface area contributed by atoms with Gasteiger partial charge in [0.25, 0.3) is 0 Å². The minimum absolute atomic E-state index is 0.0682. The number of benzene rings is 1. The number of rotatable bonds is 5. The van der Waals surface area contributed by atoms with Crippen molar-refractivity contribution >= 4 is 21.7 Å². The Morgan fingerprint density at radius 1 is 1.29 bits per heavy atom. The van der Waals surface area contributed by atoms with E-state index in [4.69, 9.17) is 14.2 Å². The van der Waals surface area contributed by atoms with Crippen molar-refractivity contribution in [2.24, 2.45) is 0 Å². The van der Waals surface area contributed by atoms with Gasteiger partial charge in [0.15, 0.2) is 11.5 Å². The van der Waals surface area contributed by atoms with Crippen LogP contribution in [0.3, 0.4) is 0 Å². The lowest BCUT2D eigenvalue weighted by atomic mass is 10.2. The van der Waals surface area contributed by atoms with E-state index >= 15 is 0 Å². The molecule has 3 rings (SSSR count). The SMILES string of the molecule is CCOC(=O)C1CC(S(=O)(=O)Nc2ccc3c(c2)OCCO3)NN1. The Morgan fingerprint density at radius 3 is 2.79 bits per heavy atom. The molecule has 2 heterocycles. The van der Waals surface area contributed by atoms with Crippen LogP contribution < -0.4 is 25.0 Å². The lowest BCUT2D eigenvalue weighted by Gasteiger charge is -2.20. The second kappa shape index (κ2) is 6.83. The van der Waals surface area contributed by atoms with E-state index in [1.807, 2.05) is 0 Å². The van der Waals surface area contributed by atoms with Crippen LogP contribution in [-0.2, 0) is 19.6 Å². The Balaban J connectivity index is 1.67. The van der Waals surface area contributed by atoms with Gasteiger partial charge in [-0.3, -0.25) is 9.52 Å². The van der Waals surface area contributed by atoms with Gasteiger partial charge in [-0.2, -0.15) is 0 Å². The van der Waals surface area contributed by atoms with Crippen LogP contribution in [0.25, 0.3) is 0 Å². The van der Waals surface area contributed by atoms with Crippen molar-refractivity contribution in [3.05, 3.63) is 18.2 Å². The summed E-state index contributed by atoms with van der Waals surface area (Å²) in [5, 5.41) is -0.958. The predicted octanol–water partition coefficient (Wildman–Crippen LogP) is -0.0448. The standard InChI is InChI=1S/C14H19N3O6S/c1-2-21-14(18)10-8-13(16-15-10)24(19,20)17-9-3-4-11-12(7-9)23-6-5-22-11/h3-4,7,10,13,15-17H,2,5-6,8H2,1H3. The fourth-order valence-electron chi connectivity index (χ4n) is 2.47. The van der Waals surface area contributed by atoms with E-state index in [1.54, 1.807) is 25.1 Å². The summed E-state index contributed by atoms with van der Waals surface area (Å²) in [7, 11) is -3.75. The smallest absolute Gasteiger partial charge is 0.324 e. The van der Waals surface area contributed by atoms with Gasteiger partial charge < -0.3 is 14.2 Å². The summed E-state index contributed by atoms with van der Waals surface area (Å²) in [4.78, 5) is 11.7. The number of anilines is 1. The molecule has 24 heavy (non-hydrogen) atoms. The molecule has 2 unspecified atom stereocenters. The zero-order valence-electron chi connectivity index (χ0n) is 13.1. The first-order valence-electron chi connectivity index (χ1n) is 7.58. The maximum absolute atomic E-state index is 12.5. The van der Waals surface area contributed by atoms with Gasteiger partial charge in [0.1, 0.15) is 24.6 Å². The van der Waals surface area contributed by atoms with Crippen molar-refractivity contribution < 1.29 is 27.4 Å². The molecule has 3 N–H and O–H groups in total. The molecule has 2 atom stereocenters. The van der Waals surface area contributed by atoms with Gasteiger partial charge in [0.05, 0.1) is 12.3 Å². The largest absolute Gasteiger partial charge is 0.486 e. The minimum atomic E-state index is -3.75. The maximum atomic E-state index is 12.5. The summed E-state index contributed by atoms with van der Waals surface area (Å²) in [5.41, 5.74) is 5.62. The number of esters is 1. The Bertz CT molecular complexity index is 723. The van der Waals surface area contributed by atoms with Crippen molar-refractivity contribution in [2.75, 3.05) is 24.5 Å². The monoisotopic (exact) mass is 357 g/mol. The van der Waals surface area contributed by atoms with E-state index in [0.29, 0.717) is 30.4 Å². The molecule has 0 aromatic heterocycles. The van der Waals surface area contributed by atoms with Crippen molar-refractivity contribution in [2.45, 2.75) is 24.8 Å². The second-order valence-electron chi connectivity index (χ2n) is 5.32. The van der Waals surface area contributed by atoms with Crippen LogP contribution in [-0.4, -0.2) is 45.6 Å². The molecule has 0 spiro atoms. The molecule has 1 fully saturated rings. The van der Waals surface area contributed by atoms with Crippen LogP contribution in [0.1, 0.15) is 13.3 Å². The zero-order chi connectivity index (χ0) is 17.2. The quantitative estimate of drug-likeness (QED) is 0.629. The highest BCUT2D eigenvalue weighted by atomic mass is 32.2. The summed E-state index contributed by atoms with van der Waals surface area (Å²) in [6, 6.07) is 4.11. The molecule has 0 saturated carbocycles. The average Bonchev–Trinajstić information content (AvgIpc) is 3.06. The highest BCUT2D eigenvalue weighted by Gasteiger charge is 2.38. The van der Waals surface area contributed by atoms with Gasteiger partial charge in [-0.15, -0.1) is 0 Å². The lowest BCUT2D eigenvalue weighted by molar-refractivity contribution is -0.145. The molecule has 2 aliphatic rings. The van der Waals surface area contributed by atoms with Crippen LogP contribution in [0.2, 0.25) is 0 Å². The molecular weight excluding hydrogens is 338 g/mol. The van der Waals surface area contributed by atoms with Gasteiger partial charge in [0, 0.05) is 12.5 Å². The van der Waals surface area contributed by atoms with Crippen LogP contribution >= 0.6 is 0 Å². The van der Waals surface area contributed by atoms with Crippen molar-refractivity contribution in [1.82, 2.24) is 10.9 Å². The van der Waals surface area contributed by atoms with Crippen LogP contribution in [0.4, 0.5) is 5.69 Å². The summed E-state index contributed by atoms with van der Waals surface area (Å²) < 4.78 is 43.1. The second-order valence-corrected chi connectivity index (χ2v) is 7.19. The molecule has 1 aromatic carbocycles. The lowest BCUT2D eigenvalue weighted by Crippen LogP contribution is -2.41. The van der Waals surface area contributed by atoms with Crippen LogP contribution in [0.5, 0.6) is 11.5 Å². The number of fused-ring (bicyclic) bond motifs is 1. The fourth-order valence-corrected chi connectivity index (χ4v) is 3.74. The number of carbonyl (C=O) groups excluding carboxylic acids is 1. The molecule has 10 heteroatoms. The molecule has 0 bridgehead atoms. The van der Waals surface area contributed by atoms with E-state index in [-0.39, 0.29) is 13.0 Å². The van der Waals surface area contributed by atoms with E-state index in [1.165, 1.54) is 0 Å². The van der Waals surface area contributed by atoms with E-state index in [2.05, 4.69) is 15.6 Å². The van der Waals surface area contributed by atoms with E-state index < -0.39 is 27.4 Å². The molecule has 0 amide bonds. The van der Waals surface area contributed by atoms with Crippen molar-refractivity contribution in [3.8, 4) is 11.5 Å². The normalized spacial score (nSPS) is 22.9. The number of hydrazine groups is 1. The van der Waals surface area contributed by atoms with E-state index in [0.717, 1.165) is 0 Å². The topological polar surface area (TPSA) is 115 Å². The Hall–Kier alpha value is -2.04. The number of nitrogens with one attached hydrogen (secondary N) is 3. The van der Waals surface area contributed by atoms with Gasteiger partial charge in [-0.25, -0.2) is 19.3 Å². The van der Waals surface area contributed by atoms with Gasteiger partial charge in [-0.05, 0) is 19.1 Å². The third kappa shape index (κ3) is 3.55. The Labute approximate surface area is 139 Å². The molecule has 132 valence electrons. The third-order valence-electron chi connectivity index (χ3n) is 3.62. The first-order chi connectivity index (χ1) is 11.5. The van der Waals surface area contributed by atoms with Crippen molar-refractivity contribution in [3.63, 3.8) is 0 Å². The van der Waals surface area contributed by atoms with Gasteiger partial charge in [0.2, 0.25) is 10.0 Å². The van der Waals surface area contributed by atoms with Crippen molar-refractivity contribution in [1.29, 1.82) is 0 Å². The number of ether oxygens (including phenoxy) is 3. The van der Waals surface area contributed by atoms with E-state index in [9.17, 15) is 13.2 Å². The summed E-state index contributed by atoms with van der Waals surface area (Å²) in [6.07, 6.45) is 0.0682. The molecule has 9 nitrogen and oxygen atoms in total. The average molecular weight is 357 g/mol. The number of sulfonamides is 1. The summed E-state index contributed by atoms with van der Waals surface area (Å²) in [5.74, 6) is 0.581. The van der Waals surface area contributed by atoms with Crippen LogP contribution in [0, 0.1) is 0 Å². The molecule has 1 saturated heterocycles. The Kier molecular flexibility index (Phi) is 4.78. The fraction of sp³-hybridized carbons (Fsp3) is 0.500. The maximum Gasteiger partial charge on any atom is 0.324 e. The molecule has 2 aliphatic heterocycles. The predicted molar refractivity (Wildman–Crippen MR) is 85.1 cm³/mol. The first-order valence-corrected chi connectivity index (χ1v) is 9.13. The zero-order valence-corrected chi connectivity index (χ0v) is 13.9. The summed E-state index contributed by atoms with van der Waals surface area (Å²) >= 11 is 0.